The fourth-order valence-electron chi connectivity index (χ4n) is 2.52. The lowest BCUT2D eigenvalue weighted by atomic mass is 10.1. The fraction of sp³-hybridized carbons (Fsp3) is 0.250. The number of benzene rings is 1. The molecule has 4 nitrogen and oxygen atoms in total. The first-order chi connectivity index (χ1) is 9.88. The average Bonchev–Trinajstić information content (AvgIpc) is 2.80. The molecular weight excluding hydrogens is 286 g/mol. The van der Waals surface area contributed by atoms with Gasteiger partial charge in [-0.25, -0.2) is 8.42 Å². The van der Waals surface area contributed by atoms with Gasteiger partial charge in [0, 0.05) is 12.1 Å². The van der Waals surface area contributed by atoms with E-state index in [1.165, 1.54) is 4.31 Å². The van der Waals surface area contributed by atoms with E-state index in [4.69, 9.17) is 4.42 Å². The van der Waals surface area contributed by atoms with Gasteiger partial charge in [0.15, 0.2) is 0 Å². The van der Waals surface area contributed by atoms with E-state index >= 15 is 0 Å². The summed E-state index contributed by atoms with van der Waals surface area (Å²) in [6.45, 7) is 8.30. The fourth-order valence-corrected chi connectivity index (χ4v) is 3.91. The van der Waals surface area contributed by atoms with Crippen LogP contribution in [-0.2, 0) is 16.6 Å². The third-order valence-electron chi connectivity index (χ3n) is 3.66. The monoisotopic (exact) mass is 303 g/mol. The van der Waals surface area contributed by atoms with E-state index in [1.54, 1.807) is 24.3 Å². The molecule has 0 aliphatic carbocycles. The highest BCUT2D eigenvalue weighted by Crippen LogP contribution is 2.32. The van der Waals surface area contributed by atoms with Crippen LogP contribution >= 0.6 is 0 Å². The normalized spacial score (nSPS) is 16.0. The molecule has 0 radical (unpaired) electrons. The van der Waals surface area contributed by atoms with Gasteiger partial charge in [0.25, 0.3) is 0 Å². The van der Waals surface area contributed by atoms with E-state index in [1.807, 2.05) is 19.9 Å². The summed E-state index contributed by atoms with van der Waals surface area (Å²) < 4.78 is 32.4. The minimum atomic E-state index is -3.53. The largest absolute Gasteiger partial charge is 0.464 e. The number of sulfonamides is 1. The first-order valence-electron chi connectivity index (χ1n) is 6.72. The first-order valence-corrected chi connectivity index (χ1v) is 8.16. The van der Waals surface area contributed by atoms with Crippen molar-refractivity contribution in [2.45, 2.75) is 25.3 Å². The molecule has 2 aromatic rings. The average molecular weight is 303 g/mol. The number of fused-ring (bicyclic) bond motifs is 1. The van der Waals surface area contributed by atoms with Crippen LogP contribution in [0.1, 0.15) is 22.6 Å². The van der Waals surface area contributed by atoms with E-state index in [2.05, 4.69) is 6.58 Å². The van der Waals surface area contributed by atoms with Crippen molar-refractivity contribution in [3.05, 3.63) is 59.6 Å². The van der Waals surface area contributed by atoms with Gasteiger partial charge in [0.1, 0.15) is 11.5 Å². The topological polar surface area (TPSA) is 50.5 Å². The van der Waals surface area contributed by atoms with Crippen LogP contribution in [0, 0.1) is 13.8 Å². The number of furan rings is 1. The molecule has 0 saturated heterocycles. The molecular formula is C16H17NO3S. The van der Waals surface area contributed by atoms with Crippen LogP contribution in [0.15, 0.2) is 46.2 Å². The number of hydrogen-bond donors (Lipinski definition) is 0. The van der Waals surface area contributed by atoms with Gasteiger partial charge in [-0.1, -0.05) is 24.3 Å². The maximum absolute atomic E-state index is 12.7. The molecule has 3 rings (SSSR count). The van der Waals surface area contributed by atoms with Crippen LogP contribution in [0.3, 0.4) is 0 Å². The zero-order valence-electron chi connectivity index (χ0n) is 12.1. The Labute approximate surface area is 124 Å². The van der Waals surface area contributed by atoms with Crippen molar-refractivity contribution in [1.29, 1.82) is 0 Å². The molecule has 0 amide bonds. The third kappa shape index (κ3) is 2.43. The van der Waals surface area contributed by atoms with Crippen molar-refractivity contribution in [3.63, 3.8) is 0 Å². The van der Waals surface area contributed by atoms with Crippen LogP contribution < -0.4 is 0 Å². The molecule has 0 atom stereocenters. The summed E-state index contributed by atoms with van der Waals surface area (Å²) in [6.07, 6.45) is 0. The van der Waals surface area contributed by atoms with Crippen LogP contribution in [0.5, 0.6) is 0 Å². The van der Waals surface area contributed by atoms with E-state index in [9.17, 15) is 8.42 Å². The predicted molar refractivity (Wildman–Crippen MR) is 81.3 cm³/mol. The van der Waals surface area contributed by atoms with Gasteiger partial charge in [0.2, 0.25) is 10.0 Å². The van der Waals surface area contributed by atoms with Gasteiger partial charge < -0.3 is 4.42 Å². The lowest BCUT2D eigenvalue weighted by molar-refractivity contribution is 0.372. The molecule has 2 heterocycles. The number of nitrogens with zero attached hydrogens (tertiary/aromatic N) is 1. The first kappa shape index (κ1) is 14.1. The molecule has 1 aliphatic rings. The van der Waals surface area contributed by atoms with Gasteiger partial charge in [-0.2, -0.15) is 4.31 Å². The number of aryl methyl sites for hydroxylation is 2. The summed E-state index contributed by atoms with van der Waals surface area (Å²) in [4.78, 5) is 0.299. The number of rotatable bonds is 2. The summed E-state index contributed by atoms with van der Waals surface area (Å²) in [6, 6.07) is 8.78. The second-order valence-electron chi connectivity index (χ2n) is 5.38. The lowest BCUT2D eigenvalue weighted by Gasteiger charge is -2.26. The highest BCUT2D eigenvalue weighted by molar-refractivity contribution is 7.89. The molecule has 1 aromatic carbocycles. The molecule has 1 aromatic heterocycles. The Balaban J connectivity index is 1.98. The summed E-state index contributed by atoms with van der Waals surface area (Å²) in [5.41, 5.74) is 2.73. The summed E-state index contributed by atoms with van der Waals surface area (Å²) in [5, 5.41) is 0. The van der Waals surface area contributed by atoms with E-state index < -0.39 is 10.0 Å². The van der Waals surface area contributed by atoms with E-state index in [-0.39, 0.29) is 6.54 Å². The van der Waals surface area contributed by atoms with Crippen molar-refractivity contribution in [1.82, 2.24) is 4.31 Å². The van der Waals surface area contributed by atoms with Gasteiger partial charge in [-0.05, 0) is 37.6 Å². The Bertz CT molecular complexity index is 801. The molecule has 21 heavy (non-hydrogen) atoms. The van der Waals surface area contributed by atoms with Gasteiger partial charge >= 0.3 is 0 Å². The van der Waals surface area contributed by atoms with Crippen LogP contribution in [0.2, 0.25) is 0 Å². The summed E-state index contributed by atoms with van der Waals surface area (Å²) in [5.74, 6) is 1.44. The molecule has 0 N–H and O–H groups in total. The molecule has 0 bridgehead atoms. The minimum Gasteiger partial charge on any atom is -0.464 e. The Kier molecular flexibility index (Phi) is 3.26. The molecule has 110 valence electrons. The van der Waals surface area contributed by atoms with Gasteiger partial charge in [0.05, 0.1) is 11.4 Å². The third-order valence-corrected chi connectivity index (χ3v) is 5.46. The summed E-state index contributed by atoms with van der Waals surface area (Å²) >= 11 is 0. The maximum atomic E-state index is 12.7. The molecule has 0 saturated carbocycles. The van der Waals surface area contributed by atoms with Crippen LogP contribution in [0.4, 0.5) is 0 Å². The Hall–Kier alpha value is -1.85. The van der Waals surface area contributed by atoms with Gasteiger partial charge in [-0.3, -0.25) is 0 Å². The van der Waals surface area contributed by atoms with Crippen molar-refractivity contribution >= 4 is 15.6 Å². The highest BCUT2D eigenvalue weighted by Gasteiger charge is 2.31. The molecule has 0 fully saturated rings. The van der Waals surface area contributed by atoms with Crippen molar-refractivity contribution in [3.8, 4) is 0 Å². The van der Waals surface area contributed by atoms with Gasteiger partial charge in [-0.15, -0.1) is 0 Å². The maximum Gasteiger partial charge on any atom is 0.243 e. The standard InChI is InChI=1S/C16H17NO3S/c1-11-4-6-14(7-5-11)21(18,19)17-9-12(2)15-8-13(3)20-16(15)10-17/h4-8H,2,9-10H2,1,3H3. The molecule has 5 heteroatoms. The highest BCUT2D eigenvalue weighted by atomic mass is 32.2. The molecule has 0 unspecified atom stereocenters. The second-order valence-corrected chi connectivity index (χ2v) is 7.32. The van der Waals surface area contributed by atoms with Crippen molar-refractivity contribution in [2.75, 3.05) is 6.54 Å². The summed E-state index contributed by atoms with van der Waals surface area (Å²) in [7, 11) is -3.53. The Morgan fingerprint density at radius 1 is 1.14 bits per heavy atom. The van der Waals surface area contributed by atoms with Crippen molar-refractivity contribution in [2.24, 2.45) is 0 Å². The molecule has 0 spiro atoms. The Morgan fingerprint density at radius 2 is 1.81 bits per heavy atom. The van der Waals surface area contributed by atoms with Crippen molar-refractivity contribution < 1.29 is 12.8 Å². The quantitative estimate of drug-likeness (QED) is 0.856. The number of hydrogen-bond acceptors (Lipinski definition) is 3. The SMILES string of the molecule is C=C1CN(S(=O)(=O)c2ccc(C)cc2)Cc2oc(C)cc21. The molecule has 1 aliphatic heterocycles. The van der Waals surface area contributed by atoms with E-state index in [0.717, 1.165) is 22.5 Å². The zero-order valence-corrected chi connectivity index (χ0v) is 12.9. The zero-order chi connectivity index (χ0) is 15.2. The predicted octanol–water partition coefficient (Wildman–Crippen LogP) is 3.11. The van der Waals surface area contributed by atoms with E-state index in [0.29, 0.717) is 17.2 Å². The lowest BCUT2D eigenvalue weighted by Crippen LogP contribution is -2.34. The second kappa shape index (κ2) is 4.86. The smallest absolute Gasteiger partial charge is 0.243 e. The van der Waals surface area contributed by atoms with Crippen LogP contribution in [-0.4, -0.2) is 19.3 Å². The Morgan fingerprint density at radius 3 is 2.48 bits per heavy atom. The minimum absolute atomic E-state index is 0.248. The van der Waals surface area contributed by atoms with Crippen LogP contribution in [0.25, 0.3) is 5.57 Å².